The minimum Gasteiger partial charge on any atom is -0.370 e. The van der Waals surface area contributed by atoms with Gasteiger partial charge in [0.15, 0.2) is 5.96 Å². The van der Waals surface area contributed by atoms with Crippen LogP contribution in [-0.4, -0.2) is 42.9 Å². The number of primary amides is 1. The van der Waals surface area contributed by atoms with Crippen molar-refractivity contribution in [1.82, 2.24) is 10.2 Å². The Balaban J connectivity index is 0.00000312. The van der Waals surface area contributed by atoms with E-state index in [1.165, 1.54) is 11.1 Å². The van der Waals surface area contributed by atoms with Crippen LogP contribution in [0, 0.1) is 12.8 Å². The van der Waals surface area contributed by atoms with E-state index in [4.69, 9.17) is 10.7 Å². The van der Waals surface area contributed by atoms with Gasteiger partial charge in [0.05, 0.1) is 0 Å². The molecule has 3 N–H and O–H groups in total. The van der Waals surface area contributed by atoms with E-state index >= 15 is 0 Å². The molecule has 1 atom stereocenters. The van der Waals surface area contributed by atoms with Crippen LogP contribution in [0.1, 0.15) is 37.3 Å². The molecule has 1 amide bonds. The largest absolute Gasteiger partial charge is 0.370 e. The van der Waals surface area contributed by atoms with Crippen LogP contribution in [0.2, 0.25) is 0 Å². The molecular weight excluding hydrogens is 427 g/mol. The highest BCUT2D eigenvalue weighted by atomic mass is 127. The Hall–Kier alpha value is -1.31. The molecule has 1 saturated heterocycles. The Bertz CT molecular complexity index is 576. The molecule has 1 aliphatic rings. The number of aryl methyl sites for hydroxylation is 1. The second-order valence-corrected chi connectivity index (χ2v) is 6.60. The van der Waals surface area contributed by atoms with Gasteiger partial charge in [-0.25, -0.2) is 0 Å². The van der Waals surface area contributed by atoms with E-state index in [1.807, 2.05) is 0 Å². The minimum absolute atomic E-state index is 0. The Morgan fingerprint density at radius 2 is 2.24 bits per heavy atom. The van der Waals surface area contributed by atoms with Crippen LogP contribution >= 0.6 is 24.0 Å². The van der Waals surface area contributed by atoms with Crippen molar-refractivity contribution in [2.24, 2.45) is 16.6 Å². The van der Waals surface area contributed by atoms with Crippen LogP contribution in [0.4, 0.5) is 0 Å². The number of aliphatic imine (C=N–C) groups is 1. The molecule has 1 aromatic rings. The van der Waals surface area contributed by atoms with E-state index in [0.29, 0.717) is 12.3 Å². The van der Waals surface area contributed by atoms with Gasteiger partial charge in [-0.15, -0.1) is 24.0 Å². The number of nitrogens with one attached hydrogen (secondary N) is 1. The molecule has 1 heterocycles. The molecule has 0 saturated carbocycles. The van der Waals surface area contributed by atoms with E-state index in [0.717, 1.165) is 51.4 Å². The molecule has 2 rings (SSSR count). The lowest BCUT2D eigenvalue weighted by Gasteiger charge is -2.34. The Morgan fingerprint density at radius 1 is 1.44 bits per heavy atom. The van der Waals surface area contributed by atoms with E-state index in [-0.39, 0.29) is 29.9 Å². The van der Waals surface area contributed by atoms with Gasteiger partial charge < -0.3 is 16.0 Å². The molecule has 0 bridgehead atoms. The number of hydrogen-bond acceptors (Lipinski definition) is 2. The van der Waals surface area contributed by atoms with Crippen molar-refractivity contribution in [2.45, 2.75) is 39.5 Å². The highest BCUT2D eigenvalue weighted by Gasteiger charge is 2.23. The van der Waals surface area contributed by atoms with Crippen LogP contribution in [0.3, 0.4) is 0 Å². The van der Waals surface area contributed by atoms with Crippen molar-refractivity contribution in [1.29, 1.82) is 0 Å². The molecule has 0 spiro atoms. The first-order valence-electron chi connectivity index (χ1n) is 8.95. The maximum atomic E-state index is 11.2. The fraction of sp³-hybridized carbons (Fsp3) is 0.579. The SMILES string of the molecule is CCNC(=NCCc1cccc(C)c1)N1CCCC(CC(N)=O)C1.I. The van der Waals surface area contributed by atoms with Crippen LogP contribution in [0.15, 0.2) is 29.3 Å². The molecular formula is C19H31IN4O. The van der Waals surface area contributed by atoms with Gasteiger partial charge in [-0.1, -0.05) is 29.8 Å². The maximum Gasteiger partial charge on any atom is 0.217 e. The third-order valence-electron chi connectivity index (χ3n) is 4.39. The summed E-state index contributed by atoms with van der Waals surface area (Å²) in [6.45, 7) is 7.66. The lowest BCUT2D eigenvalue weighted by molar-refractivity contribution is -0.119. The zero-order chi connectivity index (χ0) is 17.4. The molecule has 25 heavy (non-hydrogen) atoms. The number of amides is 1. The summed E-state index contributed by atoms with van der Waals surface area (Å²) in [6, 6.07) is 8.58. The van der Waals surface area contributed by atoms with Crippen LogP contribution in [0.25, 0.3) is 0 Å². The van der Waals surface area contributed by atoms with Gasteiger partial charge in [-0.3, -0.25) is 9.79 Å². The molecule has 1 aliphatic heterocycles. The fourth-order valence-electron chi connectivity index (χ4n) is 3.29. The number of carbonyl (C=O) groups is 1. The van der Waals surface area contributed by atoms with E-state index in [9.17, 15) is 4.79 Å². The number of nitrogens with zero attached hydrogens (tertiary/aromatic N) is 2. The first-order chi connectivity index (χ1) is 11.6. The quantitative estimate of drug-likeness (QED) is 0.391. The van der Waals surface area contributed by atoms with Crippen molar-refractivity contribution in [3.05, 3.63) is 35.4 Å². The van der Waals surface area contributed by atoms with Gasteiger partial charge >= 0.3 is 0 Å². The number of carbonyl (C=O) groups excluding carboxylic acids is 1. The lowest BCUT2D eigenvalue weighted by atomic mass is 9.95. The van der Waals surface area contributed by atoms with Gasteiger partial charge in [0.1, 0.15) is 0 Å². The number of nitrogens with two attached hydrogens (primary N) is 1. The van der Waals surface area contributed by atoms with Crippen molar-refractivity contribution < 1.29 is 4.79 Å². The third kappa shape index (κ3) is 7.63. The van der Waals surface area contributed by atoms with Gasteiger partial charge in [0, 0.05) is 32.6 Å². The molecule has 1 unspecified atom stereocenters. The number of hydrogen-bond donors (Lipinski definition) is 2. The van der Waals surface area contributed by atoms with Crippen molar-refractivity contribution >= 4 is 35.8 Å². The predicted octanol–water partition coefficient (Wildman–Crippen LogP) is 2.71. The molecule has 140 valence electrons. The second-order valence-electron chi connectivity index (χ2n) is 6.60. The Labute approximate surface area is 168 Å². The average molecular weight is 458 g/mol. The summed E-state index contributed by atoms with van der Waals surface area (Å²) in [5.41, 5.74) is 7.96. The Kier molecular flexibility index (Phi) is 9.85. The average Bonchev–Trinajstić information content (AvgIpc) is 2.54. The molecule has 0 radical (unpaired) electrons. The zero-order valence-electron chi connectivity index (χ0n) is 15.3. The third-order valence-corrected chi connectivity index (χ3v) is 4.39. The van der Waals surface area contributed by atoms with E-state index in [2.05, 4.69) is 48.3 Å². The number of likely N-dealkylation sites (tertiary alicyclic amines) is 1. The predicted molar refractivity (Wildman–Crippen MR) is 114 cm³/mol. The molecule has 0 aromatic heterocycles. The summed E-state index contributed by atoms with van der Waals surface area (Å²) < 4.78 is 0. The van der Waals surface area contributed by atoms with Crippen molar-refractivity contribution in [3.63, 3.8) is 0 Å². The first-order valence-corrected chi connectivity index (χ1v) is 8.95. The number of guanidine groups is 1. The number of rotatable bonds is 6. The summed E-state index contributed by atoms with van der Waals surface area (Å²) in [7, 11) is 0. The van der Waals surface area contributed by atoms with Crippen LogP contribution in [0.5, 0.6) is 0 Å². The molecule has 6 heteroatoms. The van der Waals surface area contributed by atoms with Crippen LogP contribution < -0.4 is 11.1 Å². The topological polar surface area (TPSA) is 70.7 Å². The molecule has 1 aromatic carbocycles. The monoisotopic (exact) mass is 458 g/mol. The Morgan fingerprint density at radius 3 is 2.92 bits per heavy atom. The van der Waals surface area contributed by atoms with Crippen LogP contribution in [-0.2, 0) is 11.2 Å². The lowest BCUT2D eigenvalue weighted by Crippen LogP contribution is -2.47. The maximum absolute atomic E-state index is 11.2. The van der Waals surface area contributed by atoms with Gasteiger partial charge in [-0.05, 0) is 44.6 Å². The van der Waals surface area contributed by atoms with Crippen molar-refractivity contribution in [3.8, 4) is 0 Å². The molecule has 0 aliphatic carbocycles. The molecule has 1 fully saturated rings. The fourth-order valence-corrected chi connectivity index (χ4v) is 3.29. The van der Waals surface area contributed by atoms with E-state index < -0.39 is 0 Å². The minimum atomic E-state index is -0.205. The smallest absolute Gasteiger partial charge is 0.217 e. The van der Waals surface area contributed by atoms with Crippen molar-refractivity contribution in [2.75, 3.05) is 26.2 Å². The standard InChI is InChI=1S/C19H30N4O.HI/c1-3-21-19(22-10-9-16-7-4-6-15(2)12-16)23-11-5-8-17(14-23)13-18(20)24;/h4,6-7,12,17H,3,5,8-11,13-14H2,1-2H3,(H2,20,24)(H,21,22);1H. The van der Waals surface area contributed by atoms with Gasteiger partial charge in [-0.2, -0.15) is 0 Å². The molecule has 5 nitrogen and oxygen atoms in total. The highest BCUT2D eigenvalue weighted by Crippen LogP contribution is 2.19. The highest BCUT2D eigenvalue weighted by molar-refractivity contribution is 14.0. The normalized spacial score (nSPS) is 17.8. The summed E-state index contributed by atoms with van der Waals surface area (Å²) in [4.78, 5) is 18.2. The number of piperidine rings is 1. The second kappa shape index (κ2) is 11.3. The summed E-state index contributed by atoms with van der Waals surface area (Å²) in [5, 5.41) is 3.38. The summed E-state index contributed by atoms with van der Waals surface area (Å²) in [5.74, 6) is 1.10. The first kappa shape index (κ1) is 21.7. The number of benzene rings is 1. The van der Waals surface area contributed by atoms with Gasteiger partial charge in [0.25, 0.3) is 0 Å². The zero-order valence-corrected chi connectivity index (χ0v) is 17.7. The summed E-state index contributed by atoms with van der Waals surface area (Å²) >= 11 is 0. The summed E-state index contributed by atoms with van der Waals surface area (Å²) in [6.07, 6.45) is 3.57. The van der Waals surface area contributed by atoms with E-state index in [1.54, 1.807) is 0 Å². The van der Waals surface area contributed by atoms with Gasteiger partial charge in [0.2, 0.25) is 5.91 Å². The number of halogens is 1.